The lowest BCUT2D eigenvalue weighted by atomic mass is 9.94. The monoisotopic (exact) mass is 270 g/mol. The number of nitrogens with two attached hydrogens (primary N) is 1. The minimum Gasteiger partial charge on any atom is -0.396 e. The molecule has 0 spiro atoms. The molecule has 1 unspecified atom stereocenters. The smallest absolute Gasteiger partial charge is 0.260 e. The molecule has 2 rings (SSSR count). The van der Waals surface area contributed by atoms with Gasteiger partial charge in [-0.05, 0) is 31.9 Å². The standard InChI is InChI=1S/C13H16F2N2O2/c1-13(19)5-2-6-17(7-13)12(18)10-8(14)3-4-9(16)11(10)15/h3-4,19H,2,5-7,16H2,1H3. The lowest BCUT2D eigenvalue weighted by Crippen LogP contribution is -2.49. The number of likely N-dealkylation sites (tertiary alicyclic amines) is 1. The summed E-state index contributed by atoms with van der Waals surface area (Å²) >= 11 is 0. The van der Waals surface area contributed by atoms with Gasteiger partial charge < -0.3 is 15.7 Å². The average molecular weight is 270 g/mol. The van der Waals surface area contributed by atoms with Gasteiger partial charge in [0.05, 0.1) is 11.3 Å². The van der Waals surface area contributed by atoms with Gasteiger partial charge in [0.15, 0.2) is 5.82 Å². The molecule has 1 fully saturated rings. The number of β-amino-alcohol motifs (C(OH)–C–C–N with tert-alkyl or cyclic N) is 1. The van der Waals surface area contributed by atoms with E-state index < -0.39 is 28.7 Å². The molecule has 3 N–H and O–H groups in total. The fraction of sp³-hybridized carbons (Fsp3) is 0.462. The SMILES string of the molecule is CC1(O)CCCN(C(=O)c2c(F)ccc(N)c2F)C1. The number of halogens is 2. The minimum absolute atomic E-state index is 0.0551. The molecule has 0 saturated carbocycles. The van der Waals surface area contributed by atoms with Crippen molar-refractivity contribution < 1.29 is 18.7 Å². The summed E-state index contributed by atoms with van der Waals surface area (Å²) in [7, 11) is 0. The molecule has 1 heterocycles. The summed E-state index contributed by atoms with van der Waals surface area (Å²) in [4.78, 5) is 13.4. The maximum atomic E-state index is 13.8. The molecule has 1 aromatic carbocycles. The van der Waals surface area contributed by atoms with Gasteiger partial charge in [-0.15, -0.1) is 0 Å². The second kappa shape index (κ2) is 4.77. The first-order chi connectivity index (χ1) is 8.82. The van der Waals surface area contributed by atoms with Gasteiger partial charge in [0.2, 0.25) is 0 Å². The third kappa shape index (κ3) is 2.68. The Kier molecular flexibility index (Phi) is 3.45. The number of amides is 1. The highest BCUT2D eigenvalue weighted by atomic mass is 19.1. The molecule has 1 aromatic rings. The van der Waals surface area contributed by atoms with E-state index in [2.05, 4.69) is 0 Å². The fourth-order valence-corrected chi connectivity index (χ4v) is 2.32. The van der Waals surface area contributed by atoms with Crippen LogP contribution in [-0.2, 0) is 0 Å². The molecule has 1 amide bonds. The van der Waals surface area contributed by atoms with E-state index in [9.17, 15) is 18.7 Å². The van der Waals surface area contributed by atoms with E-state index in [0.29, 0.717) is 19.4 Å². The third-order valence-electron chi connectivity index (χ3n) is 3.30. The number of hydrogen-bond acceptors (Lipinski definition) is 3. The Morgan fingerprint density at radius 1 is 1.47 bits per heavy atom. The summed E-state index contributed by atoms with van der Waals surface area (Å²) in [6.45, 7) is 2.01. The number of nitrogen functional groups attached to an aromatic ring is 1. The molecule has 0 aliphatic carbocycles. The third-order valence-corrected chi connectivity index (χ3v) is 3.30. The Balaban J connectivity index is 2.32. The highest BCUT2D eigenvalue weighted by molar-refractivity contribution is 5.95. The van der Waals surface area contributed by atoms with Gasteiger partial charge >= 0.3 is 0 Å². The molecule has 19 heavy (non-hydrogen) atoms. The first-order valence-corrected chi connectivity index (χ1v) is 6.07. The number of rotatable bonds is 1. The highest BCUT2D eigenvalue weighted by Gasteiger charge is 2.33. The molecule has 1 atom stereocenters. The summed E-state index contributed by atoms with van der Waals surface area (Å²) in [6.07, 6.45) is 1.14. The van der Waals surface area contributed by atoms with Crippen LogP contribution in [0.25, 0.3) is 0 Å². The Morgan fingerprint density at radius 3 is 2.79 bits per heavy atom. The van der Waals surface area contributed by atoms with Gasteiger partial charge in [-0.1, -0.05) is 0 Å². The average Bonchev–Trinajstić information content (AvgIpc) is 2.33. The summed E-state index contributed by atoms with van der Waals surface area (Å²) in [5.41, 5.74) is 3.40. The van der Waals surface area contributed by atoms with Crippen LogP contribution in [0.4, 0.5) is 14.5 Å². The molecule has 104 valence electrons. The van der Waals surface area contributed by atoms with Crippen LogP contribution in [0.3, 0.4) is 0 Å². The molecule has 0 bridgehead atoms. The van der Waals surface area contributed by atoms with E-state index in [1.807, 2.05) is 0 Å². The molecular weight excluding hydrogens is 254 g/mol. The van der Waals surface area contributed by atoms with Crippen LogP contribution in [0.1, 0.15) is 30.1 Å². The van der Waals surface area contributed by atoms with Crippen molar-refractivity contribution in [1.29, 1.82) is 0 Å². The Bertz CT molecular complexity index is 518. The van der Waals surface area contributed by atoms with Gasteiger partial charge in [0, 0.05) is 13.1 Å². The maximum Gasteiger partial charge on any atom is 0.260 e. The number of hydrogen-bond donors (Lipinski definition) is 2. The second-order valence-corrected chi connectivity index (χ2v) is 5.15. The number of piperidine rings is 1. The number of carbonyl (C=O) groups excluding carboxylic acids is 1. The number of anilines is 1. The summed E-state index contributed by atoms with van der Waals surface area (Å²) in [6, 6.07) is 2.04. The molecule has 1 saturated heterocycles. The second-order valence-electron chi connectivity index (χ2n) is 5.15. The topological polar surface area (TPSA) is 66.6 Å². The molecule has 4 nitrogen and oxygen atoms in total. The van der Waals surface area contributed by atoms with Crippen molar-refractivity contribution in [2.24, 2.45) is 0 Å². The molecule has 6 heteroatoms. The van der Waals surface area contributed by atoms with Crippen LogP contribution in [0, 0.1) is 11.6 Å². The van der Waals surface area contributed by atoms with Crippen LogP contribution in [0.5, 0.6) is 0 Å². The molecule has 1 aliphatic rings. The van der Waals surface area contributed by atoms with Gasteiger partial charge in [-0.2, -0.15) is 0 Å². The Hall–Kier alpha value is -1.69. The van der Waals surface area contributed by atoms with Gasteiger partial charge in [-0.25, -0.2) is 8.78 Å². The highest BCUT2D eigenvalue weighted by Crippen LogP contribution is 2.25. The zero-order valence-corrected chi connectivity index (χ0v) is 10.6. The van der Waals surface area contributed by atoms with Crippen LogP contribution in [0.2, 0.25) is 0 Å². The van der Waals surface area contributed by atoms with Crippen molar-refractivity contribution in [1.82, 2.24) is 4.90 Å². The van der Waals surface area contributed by atoms with E-state index in [4.69, 9.17) is 5.73 Å². The molecular formula is C13H16F2N2O2. The number of nitrogens with zero attached hydrogens (tertiary/aromatic N) is 1. The zero-order valence-electron chi connectivity index (χ0n) is 10.6. The predicted molar refractivity (Wildman–Crippen MR) is 66.5 cm³/mol. The van der Waals surface area contributed by atoms with E-state index in [1.54, 1.807) is 6.92 Å². The predicted octanol–water partition coefficient (Wildman–Crippen LogP) is 1.53. The summed E-state index contributed by atoms with van der Waals surface area (Å²) in [5.74, 6) is -2.76. The van der Waals surface area contributed by atoms with Crippen molar-refractivity contribution in [2.75, 3.05) is 18.8 Å². The van der Waals surface area contributed by atoms with Crippen LogP contribution < -0.4 is 5.73 Å². The van der Waals surface area contributed by atoms with Crippen molar-refractivity contribution >= 4 is 11.6 Å². The Morgan fingerprint density at radius 2 is 2.16 bits per heavy atom. The van der Waals surface area contributed by atoms with Gasteiger partial charge in [0.1, 0.15) is 11.4 Å². The van der Waals surface area contributed by atoms with Crippen molar-refractivity contribution in [3.8, 4) is 0 Å². The summed E-state index contributed by atoms with van der Waals surface area (Å²) in [5, 5.41) is 9.93. The zero-order chi connectivity index (χ0) is 14.2. The maximum absolute atomic E-state index is 13.8. The molecule has 1 aliphatic heterocycles. The fourth-order valence-electron chi connectivity index (χ4n) is 2.32. The summed E-state index contributed by atoms with van der Waals surface area (Å²) < 4.78 is 27.4. The lowest BCUT2D eigenvalue weighted by molar-refractivity contribution is -0.0110. The lowest BCUT2D eigenvalue weighted by Gasteiger charge is -2.36. The van der Waals surface area contributed by atoms with Crippen molar-refractivity contribution in [3.63, 3.8) is 0 Å². The van der Waals surface area contributed by atoms with Crippen LogP contribution in [-0.4, -0.2) is 34.6 Å². The van der Waals surface area contributed by atoms with Gasteiger partial charge in [0.25, 0.3) is 5.91 Å². The quantitative estimate of drug-likeness (QED) is 0.761. The van der Waals surface area contributed by atoms with Crippen LogP contribution >= 0.6 is 0 Å². The van der Waals surface area contributed by atoms with E-state index in [1.165, 1.54) is 4.90 Å². The van der Waals surface area contributed by atoms with Gasteiger partial charge in [-0.3, -0.25) is 4.79 Å². The van der Waals surface area contributed by atoms with Crippen molar-refractivity contribution in [2.45, 2.75) is 25.4 Å². The van der Waals surface area contributed by atoms with Crippen LogP contribution in [0.15, 0.2) is 12.1 Å². The number of carbonyl (C=O) groups is 1. The molecule has 0 aromatic heterocycles. The van der Waals surface area contributed by atoms with E-state index in [-0.39, 0.29) is 12.2 Å². The first-order valence-electron chi connectivity index (χ1n) is 6.07. The van der Waals surface area contributed by atoms with Crippen molar-refractivity contribution in [3.05, 3.63) is 29.3 Å². The van der Waals surface area contributed by atoms with E-state index >= 15 is 0 Å². The normalized spacial score (nSPS) is 23.5. The van der Waals surface area contributed by atoms with E-state index in [0.717, 1.165) is 12.1 Å². The molecule has 0 radical (unpaired) electrons. The number of benzene rings is 1. The number of aliphatic hydroxyl groups is 1. The Labute approximate surface area is 109 Å². The first kappa shape index (κ1) is 13.7. The minimum atomic E-state index is -1.05. The largest absolute Gasteiger partial charge is 0.396 e.